The number of carboxylic acid groups (broad SMARTS) is 1. The van der Waals surface area contributed by atoms with Gasteiger partial charge in [-0.1, -0.05) is 24.3 Å². The molecule has 3 N–H and O–H groups in total. The van der Waals surface area contributed by atoms with Crippen LogP contribution >= 0.6 is 11.3 Å². The molecule has 0 bridgehead atoms. The minimum absolute atomic E-state index is 0.298. The van der Waals surface area contributed by atoms with Crippen molar-refractivity contribution in [2.45, 2.75) is 50.5 Å². The molecule has 7 nitrogen and oxygen atoms in total. The molecule has 0 aliphatic heterocycles. The van der Waals surface area contributed by atoms with Gasteiger partial charge in [-0.2, -0.15) is 0 Å². The van der Waals surface area contributed by atoms with E-state index in [2.05, 4.69) is 4.98 Å². The van der Waals surface area contributed by atoms with Crippen LogP contribution in [0.25, 0.3) is 0 Å². The lowest BCUT2D eigenvalue weighted by Gasteiger charge is -2.33. The number of hydrogen-bond acceptors (Lipinski definition) is 6. The monoisotopic (exact) mass is 487 g/mol. The summed E-state index contributed by atoms with van der Waals surface area (Å²) in [5, 5.41) is 10.1. The predicted octanol–water partition coefficient (Wildman–Crippen LogP) is 4.79. The molecule has 0 radical (unpaired) electrons. The Hall–Kier alpha value is -2.91. The minimum Gasteiger partial charge on any atom is -0.465 e. The Morgan fingerprint density at radius 1 is 1.03 bits per heavy atom. The Balaban J connectivity index is 1.71. The van der Waals surface area contributed by atoms with Crippen molar-refractivity contribution < 1.29 is 18.3 Å². The van der Waals surface area contributed by atoms with Gasteiger partial charge in [0.15, 0.2) is 15.0 Å². The summed E-state index contributed by atoms with van der Waals surface area (Å²) in [6, 6.07) is 14.4. The molecule has 0 fully saturated rings. The molecule has 1 aromatic heterocycles. The number of thiazole rings is 1. The van der Waals surface area contributed by atoms with Crippen LogP contribution in [0.1, 0.15) is 42.5 Å². The average Bonchev–Trinajstić information content (AvgIpc) is 3.05. The zero-order chi connectivity index (χ0) is 24.4. The van der Waals surface area contributed by atoms with Crippen molar-refractivity contribution in [3.05, 3.63) is 70.2 Å². The van der Waals surface area contributed by atoms with Gasteiger partial charge in [0.2, 0.25) is 0 Å². The molecule has 0 atom stereocenters. The number of nitrogens with zero attached hydrogens (tertiary/aromatic N) is 2. The van der Waals surface area contributed by atoms with Crippen LogP contribution in [0.15, 0.2) is 53.4 Å². The second-order valence-corrected chi connectivity index (χ2v) is 12.1. The number of sulfone groups is 1. The number of rotatable bonds is 7. The van der Waals surface area contributed by atoms with Crippen LogP contribution in [0, 0.1) is 0 Å². The summed E-state index contributed by atoms with van der Waals surface area (Å²) >= 11 is 1.44. The third kappa shape index (κ3) is 6.33. The maximum Gasteiger partial charge on any atom is 0.412 e. The van der Waals surface area contributed by atoms with Crippen LogP contribution in [0.3, 0.4) is 0 Å². The van der Waals surface area contributed by atoms with Gasteiger partial charge in [0.25, 0.3) is 0 Å². The van der Waals surface area contributed by atoms with Crippen LogP contribution in [-0.2, 0) is 29.1 Å². The van der Waals surface area contributed by atoms with E-state index in [1.165, 1.54) is 22.5 Å². The molecule has 0 unspecified atom stereocenters. The third-order valence-electron chi connectivity index (χ3n) is 5.22. The van der Waals surface area contributed by atoms with Crippen LogP contribution in [-0.4, -0.2) is 36.4 Å². The topological polar surface area (TPSA) is 114 Å². The van der Waals surface area contributed by atoms with Crippen molar-refractivity contribution in [2.24, 2.45) is 0 Å². The number of hydrogen-bond donors (Lipinski definition) is 2. The number of aromatic nitrogens is 1. The highest BCUT2D eigenvalue weighted by atomic mass is 32.2. The molecule has 0 saturated carbocycles. The number of amides is 1. The summed E-state index contributed by atoms with van der Waals surface area (Å²) in [5.41, 5.74) is 9.06. The van der Waals surface area contributed by atoms with Crippen molar-refractivity contribution >= 4 is 38.1 Å². The Kier molecular flexibility index (Phi) is 7.14. The Bertz CT molecular complexity index is 1230. The molecule has 1 amide bonds. The largest absolute Gasteiger partial charge is 0.465 e. The second-order valence-electron chi connectivity index (χ2n) is 8.97. The van der Waals surface area contributed by atoms with Crippen molar-refractivity contribution in [3.8, 4) is 0 Å². The number of anilines is 2. The first-order chi connectivity index (χ1) is 15.3. The standard InChI is InChI=1S/C24H29N3O4S2/c1-24(2,3)27(23(28)29)18-10-5-16(6-11-18)9-14-20-21(32-22(25)26-20)15-17-7-12-19(13-8-17)33(4,30)31/h5-8,10-13H,9,14-15H2,1-4H3,(H2,25,26)(H,28,29). The predicted molar refractivity (Wildman–Crippen MR) is 133 cm³/mol. The first-order valence-electron chi connectivity index (χ1n) is 10.5. The highest BCUT2D eigenvalue weighted by Crippen LogP contribution is 2.27. The Morgan fingerprint density at radius 3 is 2.12 bits per heavy atom. The summed E-state index contributed by atoms with van der Waals surface area (Å²) in [6.45, 7) is 5.58. The first kappa shape index (κ1) is 24.7. The van der Waals surface area contributed by atoms with Gasteiger partial charge in [-0.05, 0) is 69.0 Å². The summed E-state index contributed by atoms with van der Waals surface area (Å²) in [5.74, 6) is 0. The van der Waals surface area contributed by atoms with Gasteiger partial charge in [-0.25, -0.2) is 18.2 Å². The molecule has 0 saturated heterocycles. The molecule has 176 valence electrons. The normalized spacial score (nSPS) is 12.0. The SMILES string of the molecule is CC(C)(C)N(C(=O)O)c1ccc(CCc2nc(N)sc2Cc2ccc(S(C)(=O)=O)cc2)cc1. The van der Waals surface area contributed by atoms with E-state index < -0.39 is 21.5 Å². The lowest BCUT2D eigenvalue weighted by molar-refractivity contribution is 0.195. The fraction of sp³-hybridized carbons (Fsp3) is 0.333. The molecule has 0 aliphatic rings. The van der Waals surface area contributed by atoms with Crippen LogP contribution in [0.4, 0.5) is 15.6 Å². The molecular formula is C24H29N3O4S2. The van der Waals surface area contributed by atoms with E-state index in [0.29, 0.717) is 28.6 Å². The molecule has 3 rings (SSSR count). The van der Waals surface area contributed by atoms with Gasteiger partial charge in [0, 0.05) is 28.8 Å². The highest BCUT2D eigenvalue weighted by Gasteiger charge is 2.27. The second kappa shape index (κ2) is 9.52. The van der Waals surface area contributed by atoms with Crippen LogP contribution in [0.5, 0.6) is 0 Å². The number of nitrogen functional groups attached to an aromatic ring is 1. The fourth-order valence-corrected chi connectivity index (χ4v) is 5.18. The first-order valence-corrected chi connectivity index (χ1v) is 13.2. The van der Waals surface area contributed by atoms with Crippen LogP contribution in [0.2, 0.25) is 0 Å². The van der Waals surface area contributed by atoms with Crippen molar-refractivity contribution in [1.82, 2.24) is 4.98 Å². The van der Waals surface area contributed by atoms with E-state index in [1.54, 1.807) is 12.1 Å². The van der Waals surface area contributed by atoms with Gasteiger partial charge in [-0.3, -0.25) is 4.90 Å². The quantitative estimate of drug-likeness (QED) is 0.495. The zero-order valence-electron chi connectivity index (χ0n) is 19.2. The van der Waals surface area contributed by atoms with Crippen LogP contribution < -0.4 is 10.6 Å². The van der Waals surface area contributed by atoms with Gasteiger partial charge in [0.1, 0.15) is 0 Å². The van der Waals surface area contributed by atoms with Crippen molar-refractivity contribution in [3.63, 3.8) is 0 Å². The van der Waals surface area contributed by atoms with E-state index in [4.69, 9.17) is 5.73 Å². The fourth-order valence-electron chi connectivity index (χ4n) is 3.64. The Morgan fingerprint density at radius 2 is 1.61 bits per heavy atom. The molecule has 1 heterocycles. The summed E-state index contributed by atoms with van der Waals surface area (Å²) < 4.78 is 23.3. The summed E-state index contributed by atoms with van der Waals surface area (Å²) in [6.07, 6.45) is 2.28. The summed E-state index contributed by atoms with van der Waals surface area (Å²) in [7, 11) is -3.22. The van der Waals surface area contributed by atoms with E-state index in [1.807, 2.05) is 57.2 Å². The molecule has 9 heteroatoms. The number of benzene rings is 2. The highest BCUT2D eigenvalue weighted by molar-refractivity contribution is 7.90. The minimum atomic E-state index is -3.22. The molecule has 0 spiro atoms. The molecular weight excluding hydrogens is 458 g/mol. The van der Waals surface area contributed by atoms with Gasteiger partial charge in [0.05, 0.1) is 10.6 Å². The molecule has 3 aromatic rings. The molecule has 33 heavy (non-hydrogen) atoms. The third-order valence-corrected chi connectivity index (χ3v) is 7.27. The lowest BCUT2D eigenvalue weighted by atomic mass is 10.0. The maximum atomic E-state index is 11.7. The smallest absolute Gasteiger partial charge is 0.412 e. The molecule has 0 aliphatic carbocycles. The van der Waals surface area contributed by atoms with E-state index in [9.17, 15) is 18.3 Å². The van der Waals surface area contributed by atoms with E-state index >= 15 is 0 Å². The van der Waals surface area contributed by atoms with E-state index in [0.717, 1.165) is 28.1 Å². The number of aryl methyl sites for hydroxylation is 2. The lowest BCUT2D eigenvalue weighted by Crippen LogP contribution is -2.45. The van der Waals surface area contributed by atoms with Gasteiger partial charge < -0.3 is 10.8 Å². The van der Waals surface area contributed by atoms with E-state index in [-0.39, 0.29) is 0 Å². The van der Waals surface area contributed by atoms with Gasteiger partial charge >= 0.3 is 6.09 Å². The number of nitrogens with two attached hydrogens (primary N) is 1. The Labute approximate surface area is 198 Å². The van der Waals surface area contributed by atoms with Crippen molar-refractivity contribution in [2.75, 3.05) is 16.9 Å². The maximum absolute atomic E-state index is 11.7. The number of carbonyl (C=O) groups is 1. The van der Waals surface area contributed by atoms with Gasteiger partial charge in [-0.15, -0.1) is 11.3 Å². The average molecular weight is 488 g/mol. The summed E-state index contributed by atoms with van der Waals surface area (Å²) in [4.78, 5) is 18.9. The zero-order valence-corrected chi connectivity index (χ0v) is 20.8. The molecule has 2 aromatic carbocycles. The van der Waals surface area contributed by atoms with Crippen molar-refractivity contribution in [1.29, 1.82) is 0 Å².